The van der Waals surface area contributed by atoms with Crippen LogP contribution in [0.1, 0.15) is 62.2 Å². The molecule has 0 heterocycles. The monoisotopic (exact) mass is 704 g/mol. The van der Waals surface area contributed by atoms with E-state index >= 15 is 0 Å². The second-order valence-corrected chi connectivity index (χ2v) is 10.7. The molecule has 1 aromatic carbocycles. The van der Waals surface area contributed by atoms with E-state index in [1.54, 1.807) is 49.6 Å². The lowest BCUT2D eigenvalue weighted by atomic mass is 10.2. The Hall–Kier alpha value is -5.20. The summed E-state index contributed by atoms with van der Waals surface area (Å²) in [7, 11) is 2.98. The van der Waals surface area contributed by atoms with Crippen LogP contribution in [0.15, 0.2) is 102 Å². The Balaban J connectivity index is 0.000000585. The number of benzene rings is 1. The molecule has 274 valence electrons. The number of unbranched alkanes of at least 4 members (excludes halogenated alkanes) is 3. The zero-order chi connectivity index (χ0) is 37.4. The van der Waals surface area contributed by atoms with Crippen molar-refractivity contribution in [3.8, 4) is 11.5 Å². The highest BCUT2D eigenvalue weighted by molar-refractivity contribution is 5.92. The number of carbonyl (C=O) groups excluding carboxylic acids is 3. The molecule has 0 atom stereocenters. The van der Waals surface area contributed by atoms with Crippen LogP contribution in [-0.2, 0) is 23.8 Å². The van der Waals surface area contributed by atoms with E-state index in [0.717, 1.165) is 37.0 Å². The summed E-state index contributed by atoms with van der Waals surface area (Å²) in [5.41, 5.74) is 14.1. The molecule has 13 heteroatoms. The lowest BCUT2D eigenvalue weighted by molar-refractivity contribution is -0.139. The van der Waals surface area contributed by atoms with Crippen LogP contribution >= 0.6 is 0 Å². The van der Waals surface area contributed by atoms with Gasteiger partial charge in [-0.3, -0.25) is 4.79 Å². The summed E-state index contributed by atoms with van der Waals surface area (Å²) < 4.78 is 61.4. The van der Waals surface area contributed by atoms with Crippen molar-refractivity contribution in [3.05, 3.63) is 107 Å². The summed E-state index contributed by atoms with van der Waals surface area (Å²) in [6.07, 6.45) is 12.3. The molecule has 0 radical (unpaired) electrons. The van der Waals surface area contributed by atoms with E-state index < -0.39 is 24.5 Å². The third kappa shape index (κ3) is 19.6. The Morgan fingerprint density at radius 3 is 2.24 bits per heavy atom. The maximum absolute atomic E-state index is 12.1. The highest BCUT2D eigenvalue weighted by atomic mass is 19.4. The summed E-state index contributed by atoms with van der Waals surface area (Å²) in [6.45, 7) is 6.14. The summed E-state index contributed by atoms with van der Waals surface area (Å²) in [5.74, 6) is 0.591. The molecule has 0 aliphatic heterocycles. The number of ether oxygens (including phenoxy) is 5. The Labute approximate surface area is 291 Å². The quantitative estimate of drug-likeness (QED) is 0.0382. The molecule has 10 nitrogen and oxygen atoms in total. The van der Waals surface area contributed by atoms with Crippen molar-refractivity contribution in [2.45, 2.75) is 58.0 Å². The van der Waals surface area contributed by atoms with Crippen molar-refractivity contribution in [1.29, 1.82) is 0 Å². The molecule has 4 N–H and O–H groups in total. The van der Waals surface area contributed by atoms with Crippen molar-refractivity contribution < 1.29 is 51.2 Å². The normalized spacial score (nSPS) is 13.4. The van der Waals surface area contributed by atoms with Gasteiger partial charge in [-0.05, 0) is 87.1 Å². The van der Waals surface area contributed by atoms with Gasteiger partial charge < -0.3 is 35.2 Å². The van der Waals surface area contributed by atoms with Gasteiger partial charge in [0.2, 0.25) is 0 Å². The second-order valence-electron chi connectivity index (χ2n) is 10.7. The molecule has 0 bridgehead atoms. The zero-order valence-corrected chi connectivity index (χ0v) is 28.8. The largest absolute Gasteiger partial charge is 0.501 e. The molecule has 0 aromatic heterocycles. The van der Waals surface area contributed by atoms with E-state index in [0.29, 0.717) is 60.0 Å². The fraction of sp³-hybridized carbons (Fsp3) is 0.378. The number of esters is 2. The van der Waals surface area contributed by atoms with Gasteiger partial charge in [-0.15, -0.1) is 0 Å². The summed E-state index contributed by atoms with van der Waals surface area (Å²) in [4.78, 5) is 34.4. The average molecular weight is 705 g/mol. The maximum Gasteiger partial charge on any atom is 0.389 e. The number of nitrogens with two attached hydrogens (primary N) is 2. The highest BCUT2D eigenvalue weighted by Gasteiger charge is 2.26. The molecule has 0 unspecified atom stereocenters. The van der Waals surface area contributed by atoms with E-state index in [-0.39, 0.29) is 13.0 Å². The van der Waals surface area contributed by atoms with Crippen molar-refractivity contribution in [2.75, 3.05) is 34.0 Å². The standard InChI is InChI=1S/C25H34N2O5.C12H13F3O3/c1-4-20(10-9-19(2)30-3)11-14-24(28)31-15-7-5-6-8-16-32-25(29)21-12-13-22(26)18-23(27)17-21;1-17-11-7-9(8-16)3-4-10(11)18-6-2-5-12(13,14)15/h4,9-12,14,17-18H,1,5-8,13,15-16,26-27H2,2-3H3;3-4,7-8H,2,5-6H2,1H3/b14-11+,19-9+,20-10+;. The van der Waals surface area contributed by atoms with E-state index in [1.165, 1.54) is 31.4 Å². The first-order chi connectivity index (χ1) is 23.8. The van der Waals surface area contributed by atoms with Crippen LogP contribution in [0.5, 0.6) is 11.5 Å². The first-order valence-corrected chi connectivity index (χ1v) is 15.8. The van der Waals surface area contributed by atoms with Gasteiger partial charge in [-0.2, -0.15) is 13.2 Å². The summed E-state index contributed by atoms with van der Waals surface area (Å²) in [5, 5.41) is 0. The molecule has 0 spiro atoms. The predicted molar refractivity (Wildman–Crippen MR) is 185 cm³/mol. The molecule has 1 aliphatic rings. The molecule has 0 saturated carbocycles. The summed E-state index contributed by atoms with van der Waals surface area (Å²) in [6, 6.07) is 4.47. The SMILES string of the molecule is C=CC(/C=C/C(=O)OCCCCCCOC(=O)C1=CCC(N)=CC(N)=C1)=C\C=C(/C)OC.COc1cc(C=O)ccc1OCCCC(F)(F)F. The maximum atomic E-state index is 12.1. The fourth-order valence-corrected chi connectivity index (χ4v) is 3.92. The molecule has 0 saturated heterocycles. The Kier molecular flexibility index (Phi) is 20.6. The van der Waals surface area contributed by atoms with Gasteiger partial charge in [0.15, 0.2) is 11.5 Å². The summed E-state index contributed by atoms with van der Waals surface area (Å²) >= 11 is 0. The lowest BCUT2D eigenvalue weighted by Crippen LogP contribution is -2.10. The number of hydrogen-bond acceptors (Lipinski definition) is 10. The molecule has 1 aromatic rings. The Bertz CT molecular complexity index is 1460. The number of methoxy groups -OCH3 is 2. The molecule has 2 rings (SSSR count). The van der Waals surface area contributed by atoms with Gasteiger partial charge in [0.25, 0.3) is 0 Å². The van der Waals surface area contributed by atoms with Crippen molar-refractivity contribution >= 4 is 18.2 Å². The number of hydrogen-bond donors (Lipinski definition) is 2. The number of allylic oxidation sites excluding steroid dienone is 8. The van der Waals surface area contributed by atoms with Gasteiger partial charge in [0, 0.05) is 35.9 Å². The van der Waals surface area contributed by atoms with Gasteiger partial charge in [-0.1, -0.05) is 24.8 Å². The van der Waals surface area contributed by atoms with Crippen molar-refractivity contribution in [3.63, 3.8) is 0 Å². The molecule has 1 aliphatic carbocycles. The average Bonchev–Trinajstić information content (AvgIpc) is 3.26. The van der Waals surface area contributed by atoms with E-state index in [1.807, 2.05) is 6.92 Å². The minimum absolute atomic E-state index is 0.0592. The second kappa shape index (κ2) is 24.0. The Morgan fingerprint density at radius 2 is 1.62 bits per heavy atom. The number of carbonyl (C=O) groups is 3. The van der Waals surface area contributed by atoms with Gasteiger partial charge in [0.1, 0.15) is 6.29 Å². The predicted octanol–water partition coefficient (Wildman–Crippen LogP) is 7.10. The van der Waals surface area contributed by atoms with Crippen molar-refractivity contribution in [2.24, 2.45) is 11.5 Å². The topological polar surface area (TPSA) is 149 Å². The fourth-order valence-electron chi connectivity index (χ4n) is 3.92. The van der Waals surface area contributed by atoms with Crippen molar-refractivity contribution in [1.82, 2.24) is 0 Å². The van der Waals surface area contributed by atoms with E-state index in [4.69, 9.17) is 35.2 Å². The Morgan fingerprint density at radius 1 is 0.920 bits per heavy atom. The number of alkyl halides is 3. The van der Waals surface area contributed by atoms with Gasteiger partial charge in [-0.25, -0.2) is 9.59 Å². The minimum Gasteiger partial charge on any atom is -0.501 e. The number of halogens is 3. The zero-order valence-electron chi connectivity index (χ0n) is 28.8. The minimum atomic E-state index is -4.17. The third-order valence-electron chi connectivity index (χ3n) is 6.65. The van der Waals surface area contributed by atoms with E-state index in [2.05, 4.69) is 6.58 Å². The highest BCUT2D eigenvalue weighted by Crippen LogP contribution is 2.28. The first-order valence-electron chi connectivity index (χ1n) is 15.8. The van der Waals surface area contributed by atoms with Crippen LogP contribution in [0, 0.1) is 0 Å². The van der Waals surface area contributed by atoms with Crippen LogP contribution in [0.2, 0.25) is 0 Å². The van der Waals surface area contributed by atoms with Crippen LogP contribution in [0.3, 0.4) is 0 Å². The van der Waals surface area contributed by atoms with Crippen LogP contribution in [0.25, 0.3) is 0 Å². The number of rotatable bonds is 19. The van der Waals surface area contributed by atoms with Gasteiger partial charge in [0.05, 0.1) is 45.4 Å². The van der Waals surface area contributed by atoms with Crippen LogP contribution < -0.4 is 20.9 Å². The van der Waals surface area contributed by atoms with Gasteiger partial charge >= 0.3 is 18.1 Å². The van der Waals surface area contributed by atoms with E-state index in [9.17, 15) is 27.6 Å². The smallest absolute Gasteiger partial charge is 0.389 e. The lowest BCUT2D eigenvalue weighted by Gasteiger charge is -2.11. The third-order valence-corrected chi connectivity index (χ3v) is 6.65. The van der Waals surface area contributed by atoms with Crippen LogP contribution in [0.4, 0.5) is 13.2 Å². The molecule has 0 fully saturated rings. The van der Waals surface area contributed by atoms with Crippen LogP contribution in [-0.4, -0.2) is 58.4 Å². The molecule has 50 heavy (non-hydrogen) atoms. The number of aldehydes is 1. The molecular formula is C37H47F3N2O8. The molecular weight excluding hydrogens is 657 g/mol. The molecule has 0 amide bonds. The first kappa shape index (κ1) is 42.8.